The van der Waals surface area contributed by atoms with Crippen molar-refractivity contribution in [1.82, 2.24) is 5.32 Å². The van der Waals surface area contributed by atoms with Crippen LogP contribution in [-0.4, -0.2) is 24.8 Å². The van der Waals surface area contributed by atoms with Crippen molar-refractivity contribution in [1.29, 1.82) is 0 Å². The van der Waals surface area contributed by atoms with Crippen LogP contribution in [0, 0.1) is 0 Å². The van der Waals surface area contributed by atoms with Gasteiger partial charge in [0.15, 0.2) is 0 Å². The van der Waals surface area contributed by atoms with Crippen LogP contribution in [0.5, 0.6) is 0 Å². The van der Waals surface area contributed by atoms with Gasteiger partial charge in [0.2, 0.25) is 0 Å². The standard InChI is InChI=1S/C34H71NO/c1-2-3-4-5-6-7-8-17-20-23-26-29-32-35-33-30-27-24-21-18-15-13-11-9-10-12-14-16-19-22-25-28-31-34-36/h35-36H,2-34H2,1H3. The van der Waals surface area contributed by atoms with Gasteiger partial charge in [-0.15, -0.1) is 0 Å². The van der Waals surface area contributed by atoms with Crippen LogP contribution in [-0.2, 0) is 0 Å². The molecule has 0 saturated carbocycles. The van der Waals surface area contributed by atoms with E-state index in [1.165, 1.54) is 199 Å². The number of rotatable bonds is 33. The molecule has 0 saturated heterocycles. The van der Waals surface area contributed by atoms with Crippen molar-refractivity contribution in [2.45, 2.75) is 200 Å². The van der Waals surface area contributed by atoms with E-state index in [4.69, 9.17) is 5.11 Å². The molecule has 0 spiro atoms. The Kier molecular flexibility index (Phi) is 34.8. The quantitative estimate of drug-likeness (QED) is 0.0862. The van der Waals surface area contributed by atoms with Crippen molar-refractivity contribution in [2.75, 3.05) is 19.7 Å². The van der Waals surface area contributed by atoms with E-state index < -0.39 is 0 Å². The fourth-order valence-corrected chi connectivity index (χ4v) is 5.41. The molecule has 0 atom stereocenters. The van der Waals surface area contributed by atoms with Crippen LogP contribution < -0.4 is 5.32 Å². The highest BCUT2D eigenvalue weighted by molar-refractivity contribution is 4.54. The first-order chi connectivity index (χ1) is 17.9. The summed E-state index contributed by atoms with van der Waals surface area (Å²) in [5.74, 6) is 0. The van der Waals surface area contributed by atoms with Crippen molar-refractivity contribution < 1.29 is 5.11 Å². The van der Waals surface area contributed by atoms with Crippen LogP contribution in [0.15, 0.2) is 0 Å². The highest BCUT2D eigenvalue weighted by Crippen LogP contribution is 2.15. The summed E-state index contributed by atoms with van der Waals surface area (Å²) in [4.78, 5) is 0. The molecule has 0 unspecified atom stereocenters. The fraction of sp³-hybridized carbons (Fsp3) is 1.00. The average Bonchev–Trinajstić information content (AvgIpc) is 2.89. The minimum absolute atomic E-state index is 0.372. The molecule has 0 bridgehead atoms. The minimum atomic E-state index is 0.372. The predicted molar refractivity (Wildman–Crippen MR) is 164 cm³/mol. The normalized spacial score (nSPS) is 11.5. The van der Waals surface area contributed by atoms with Gasteiger partial charge in [-0.05, 0) is 32.4 Å². The molecule has 0 rings (SSSR count). The predicted octanol–water partition coefficient (Wildman–Crippen LogP) is 11.3. The van der Waals surface area contributed by atoms with E-state index in [-0.39, 0.29) is 0 Å². The lowest BCUT2D eigenvalue weighted by Gasteiger charge is -2.06. The number of aliphatic hydroxyl groups excluding tert-OH is 1. The summed E-state index contributed by atoms with van der Waals surface area (Å²) < 4.78 is 0. The van der Waals surface area contributed by atoms with Gasteiger partial charge in [-0.2, -0.15) is 0 Å². The van der Waals surface area contributed by atoms with E-state index in [2.05, 4.69) is 12.2 Å². The van der Waals surface area contributed by atoms with Gasteiger partial charge in [-0.1, -0.05) is 180 Å². The molecule has 0 aromatic rings. The molecule has 2 N–H and O–H groups in total. The number of nitrogens with one attached hydrogen (secondary N) is 1. The second-order valence-electron chi connectivity index (χ2n) is 11.7. The second-order valence-corrected chi connectivity index (χ2v) is 11.7. The Bertz CT molecular complexity index is 325. The van der Waals surface area contributed by atoms with Crippen molar-refractivity contribution in [3.05, 3.63) is 0 Å². The summed E-state index contributed by atoms with van der Waals surface area (Å²) in [6.45, 7) is 5.15. The SMILES string of the molecule is CCCCCCCCCCCCCCNCCCCCCCCCCCCCCCCCCCCO. The van der Waals surface area contributed by atoms with E-state index in [0.717, 1.165) is 6.42 Å². The van der Waals surface area contributed by atoms with Crippen molar-refractivity contribution >= 4 is 0 Å². The zero-order valence-corrected chi connectivity index (χ0v) is 25.3. The van der Waals surface area contributed by atoms with Crippen LogP contribution in [0.2, 0.25) is 0 Å². The van der Waals surface area contributed by atoms with Crippen molar-refractivity contribution in [3.8, 4) is 0 Å². The van der Waals surface area contributed by atoms with E-state index in [0.29, 0.717) is 6.61 Å². The first kappa shape index (κ1) is 35.9. The van der Waals surface area contributed by atoms with Gasteiger partial charge >= 0.3 is 0 Å². The molecule has 0 aliphatic rings. The largest absolute Gasteiger partial charge is 0.396 e. The summed E-state index contributed by atoms with van der Waals surface area (Å²) in [7, 11) is 0. The van der Waals surface area contributed by atoms with Crippen LogP contribution in [0.25, 0.3) is 0 Å². The lowest BCUT2D eigenvalue weighted by molar-refractivity contribution is 0.282. The van der Waals surface area contributed by atoms with Crippen molar-refractivity contribution in [3.63, 3.8) is 0 Å². The molecule has 0 aliphatic heterocycles. The maximum atomic E-state index is 8.78. The first-order valence-corrected chi connectivity index (χ1v) is 17.2. The molecule has 0 aromatic heterocycles. The Morgan fingerprint density at radius 1 is 0.306 bits per heavy atom. The average molecular weight is 510 g/mol. The molecular formula is C34H71NO. The third kappa shape index (κ3) is 33.9. The van der Waals surface area contributed by atoms with Gasteiger partial charge in [0.1, 0.15) is 0 Å². The molecule has 2 heteroatoms. The highest BCUT2D eigenvalue weighted by Gasteiger charge is 1.96. The number of hydrogen-bond donors (Lipinski definition) is 2. The molecule has 2 nitrogen and oxygen atoms in total. The molecule has 0 heterocycles. The summed E-state index contributed by atoms with van der Waals surface area (Å²) in [5.41, 5.74) is 0. The topological polar surface area (TPSA) is 32.3 Å². The Hall–Kier alpha value is -0.0800. The summed E-state index contributed by atoms with van der Waals surface area (Å²) in [6, 6.07) is 0. The molecule has 0 aromatic carbocycles. The number of unbranched alkanes of at least 4 members (excludes halogenated alkanes) is 28. The molecule has 0 radical (unpaired) electrons. The van der Waals surface area contributed by atoms with Gasteiger partial charge < -0.3 is 10.4 Å². The number of hydrogen-bond acceptors (Lipinski definition) is 2. The Labute approximate surface area is 229 Å². The zero-order valence-electron chi connectivity index (χ0n) is 25.3. The molecule has 0 fully saturated rings. The highest BCUT2D eigenvalue weighted by atomic mass is 16.2. The van der Waals surface area contributed by atoms with Crippen LogP contribution >= 0.6 is 0 Å². The van der Waals surface area contributed by atoms with Crippen LogP contribution in [0.1, 0.15) is 200 Å². The van der Waals surface area contributed by atoms with E-state index in [1.807, 2.05) is 0 Å². The second kappa shape index (κ2) is 34.9. The molecule has 36 heavy (non-hydrogen) atoms. The molecular weight excluding hydrogens is 438 g/mol. The van der Waals surface area contributed by atoms with E-state index in [1.54, 1.807) is 0 Å². The third-order valence-electron chi connectivity index (χ3n) is 7.97. The minimum Gasteiger partial charge on any atom is -0.396 e. The smallest absolute Gasteiger partial charge is 0.0431 e. The van der Waals surface area contributed by atoms with E-state index >= 15 is 0 Å². The summed E-state index contributed by atoms with van der Waals surface area (Å²) >= 11 is 0. The Morgan fingerprint density at radius 2 is 0.528 bits per heavy atom. The first-order valence-electron chi connectivity index (χ1n) is 17.2. The van der Waals surface area contributed by atoms with Crippen molar-refractivity contribution in [2.24, 2.45) is 0 Å². The Balaban J connectivity index is 3.00. The monoisotopic (exact) mass is 510 g/mol. The Morgan fingerprint density at radius 3 is 0.778 bits per heavy atom. The van der Waals surface area contributed by atoms with Gasteiger partial charge in [0.05, 0.1) is 0 Å². The maximum Gasteiger partial charge on any atom is 0.0431 e. The maximum absolute atomic E-state index is 8.78. The van der Waals surface area contributed by atoms with Gasteiger partial charge in [0.25, 0.3) is 0 Å². The summed E-state index contributed by atoms with van der Waals surface area (Å²) in [5, 5.41) is 12.4. The van der Waals surface area contributed by atoms with Gasteiger partial charge in [-0.25, -0.2) is 0 Å². The molecule has 0 amide bonds. The molecule has 0 aliphatic carbocycles. The molecule has 218 valence electrons. The van der Waals surface area contributed by atoms with Gasteiger partial charge in [-0.3, -0.25) is 0 Å². The van der Waals surface area contributed by atoms with Crippen LogP contribution in [0.4, 0.5) is 0 Å². The number of aliphatic hydroxyl groups is 1. The lowest BCUT2D eigenvalue weighted by Crippen LogP contribution is -2.16. The lowest BCUT2D eigenvalue weighted by atomic mass is 10.0. The fourth-order valence-electron chi connectivity index (χ4n) is 5.41. The third-order valence-corrected chi connectivity index (χ3v) is 7.97. The zero-order chi connectivity index (χ0) is 26.0. The van der Waals surface area contributed by atoms with Gasteiger partial charge in [0, 0.05) is 6.61 Å². The van der Waals surface area contributed by atoms with Crippen LogP contribution in [0.3, 0.4) is 0 Å². The summed E-state index contributed by atoms with van der Waals surface area (Å²) in [6.07, 6.45) is 42.4. The van der Waals surface area contributed by atoms with E-state index in [9.17, 15) is 0 Å².